The molecule has 216 valence electrons. The van der Waals surface area contributed by atoms with Gasteiger partial charge in [0.1, 0.15) is 17.8 Å². The lowest BCUT2D eigenvalue weighted by atomic mass is 9.96. The number of aromatic amines is 1. The number of rotatable bonds is 13. The first-order chi connectivity index (χ1) is 18.3. The number of benzene rings is 1. The smallest absolute Gasteiger partial charge is 0.395 e. The molecule has 2 heterocycles. The molecule has 2 aromatic rings. The number of ether oxygens (including phenoxy) is 1. The van der Waals surface area contributed by atoms with Gasteiger partial charge in [0.25, 0.3) is 5.56 Å². The van der Waals surface area contributed by atoms with Crippen molar-refractivity contribution in [1.82, 2.24) is 14.6 Å². The van der Waals surface area contributed by atoms with Gasteiger partial charge in [-0.3, -0.25) is 28.2 Å². The molecule has 2 unspecified atom stereocenters. The van der Waals surface area contributed by atoms with Crippen LogP contribution in [0.5, 0.6) is 0 Å². The van der Waals surface area contributed by atoms with Gasteiger partial charge in [-0.05, 0) is 26.3 Å². The van der Waals surface area contributed by atoms with Gasteiger partial charge >= 0.3 is 13.4 Å². The summed E-state index contributed by atoms with van der Waals surface area (Å²) in [7, 11) is -4.03. The summed E-state index contributed by atoms with van der Waals surface area (Å²) >= 11 is 0.923. The molecule has 0 amide bonds. The molecule has 1 aromatic carbocycles. The van der Waals surface area contributed by atoms with Crippen LogP contribution in [0.1, 0.15) is 32.6 Å². The van der Waals surface area contributed by atoms with E-state index in [1.54, 1.807) is 38.1 Å². The van der Waals surface area contributed by atoms with Crippen LogP contribution in [-0.2, 0) is 29.7 Å². The average Bonchev–Trinajstić information content (AvgIpc) is 3.13. The second-order valence-corrected chi connectivity index (χ2v) is 12.7. The number of nitrogens with zero attached hydrogens (tertiary/aromatic N) is 1. The molecule has 5 atom stereocenters. The van der Waals surface area contributed by atoms with Gasteiger partial charge in [0.15, 0.2) is 11.3 Å². The van der Waals surface area contributed by atoms with E-state index in [0.29, 0.717) is 0 Å². The summed E-state index contributed by atoms with van der Waals surface area (Å²) in [6, 6.07) is 10.1. The minimum atomic E-state index is -4.03. The Kier molecular flexibility index (Phi) is 10.5. The van der Waals surface area contributed by atoms with Crippen LogP contribution in [-0.4, -0.2) is 73.4 Å². The van der Waals surface area contributed by atoms with Crippen LogP contribution >= 0.6 is 19.5 Å². The summed E-state index contributed by atoms with van der Waals surface area (Å²) in [5, 5.41) is 33.4. The predicted molar refractivity (Wildman–Crippen MR) is 143 cm³/mol. The summed E-state index contributed by atoms with van der Waals surface area (Å²) in [4.78, 5) is 37.9. The molecule has 1 aliphatic rings. The number of nitrogens with one attached hydrogen (secondary N) is 2. The number of carbonyl (C=O) groups excluding carboxylic acids is 1. The second-order valence-electron chi connectivity index (χ2n) is 9.84. The first-order valence-electron chi connectivity index (χ1n) is 12.1. The maximum atomic E-state index is 13.6. The maximum absolute atomic E-state index is 13.6. The third-order valence-corrected chi connectivity index (χ3v) is 8.85. The molecule has 1 fully saturated rings. The minimum Gasteiger partial charge on any atom is -0.395 e. The first kappa shape index (κ1) is 31.4. The van der Waals surface area contributed by atoms with Crippen molar-refractivity contribution < 1.29 is 38.5 Å². The van der Waals surface area contributed by atoms with E-state index >= 15 is 0 Å². The molecule has 1 saturated heterocycles. The zero-order valence-electron chi connectivity index (χ0n) is 21.8. The number of hydrogen-bond donors (Lipinski definition) is 5. The highest BCUT2D eigenvalue weighted by molar-refractivity contribution is 8.13. The molecule has 15 heteroatoms. The minimum absolute atomic E-state index is 0.114. The largest absolute Gasteiger partial charge is 0.405 e. The van der Waals surface area contributed by atoms with Crippen molar-refractivity contribution in [2.45, 2.75) is 51.4 Å². The molecule has 0 aliphatic carbocycles. The quantitative estimate of drug-likeness (QED) is 0.164. The molecular weight excluding hydrogens is 553 g/mol. The second kappa shape index (κ2) is 13.0. The van der Waals surface area contributed by atoms with Crippen molar-refractivity contribution in [3.63, 3.8) is 0 Å². The van der Waals surface area contributed by atoms with Crippen LogP contribution < -0.4 is 16.3 Å². The van der Waals surface area contributed by atoms with Crippen LogP contribution in [0.15, 0.2) is 52.2 Å². The van der Waals surface area contributed by atoms with Gasteiger partial charge in [0, 0.05) is 24.6 Å². The number of aliphatic hydroxyl groups excluding tert-OH is 2. The molecule has 3 rings (SSSR count). The average molecular weight is 588 g/mol. The fraction of sp³-hybridized carbons (Fsp3) is 0.542. The summed E-state index contributed by atoms with van der Waals surface area (Å²) in [5.74, 6) is 0.136. The van der Waals surface area contributed by atoms with Gasteiger partial charge in [-0.2, -0.15) is 0 Å². The lowest BCUT2D eigenvalue weighted by molar-refractivity contribution is -0.119. The van der Waals surface area contributed by atoms with Crippen molar-refractivity contribution in [2.75, 3.05) is 25.6 Å². The molecule has 0 radical (unpaired) electrons. The summed E-state index contributed by atoms with van der Waals surface area (Å²) in [5.41, 5.74) is -3.60. The summed E-state index contributed by atoms with van der Waals surface area (Å²) in [6.07, 6.45) is -3.03. The maximum Gasteiger partial charge on any atom is 0.405 e. The lowest BCUT2D eigenvalue weighted by Crippen LogP contribution is -2.46. The highest BCUT2D eigenvalue weighted by Gasteiger charge is 2.54. The Morgan fingerprint density at radius 1 is 1.26 bits per heavy atom. The van der Waals surface area contributed by atoms with Crippen molar-refractivity contribution in [3.05, 3.63) is 69.0 Å². The zero-order chi connectivity index (χ0) is 28.8. The van der Waals surface area contributed by atoms with E-state index in [2.05, 4.69) is 10.1 Å². The Morgan fingerprint density at radius 2 is 1.95 bits per heavy atom. The fourth-order valence-electron chi connectivity index (χ4n) is 3.63. The Morgan fingerprint density at radius 3 is 2.59 bits per heavy atom. The molecular formula is C24H34N3O10PS. The van der Waals surface area contributed by atoms with E-state index in [4.69, 9.17) is 13.8 Å². The van der Waals surface area contributed by atoms with Crippen molar-refractivity contribution >= 4 is 24.6 Å². The molecule has 5 N–H and O–H groups in total. The molecule has 1 aliphatic heterocycles. The Balaban J connectivity index is 1.69. The van der Waals surface area contributed by atoms with Gasteiger partial charge in [0.05, 0.1) is 25.2 Å². The number of H-pyrrole nitrogens is 1. The van der Waals surface area contributed by atoms with E-state index < -0.39 is 55.1 Å². The number of carbonyl (C=O) groups is 1. The topological polar surface area (TPSA) is 189 Å². The van der Waals surface area contributed by atoms with E-state index in [1.807, 2.05) is 6.07 Å². The normalized spacial score (nSPS) is 24.9. The standard InChI is InChI=1S/C24H34N3O10PS/c1-23(2,15-28)21(31)39-12-11-35-38(34,25-13-16-7-5-4-6-8-16)36-14-17-19(30)24(3,33)20(37-17)27-10-9-18(29)26-22(27)32/h4-10,17,19-20,28,30,33H,11-15H2,1-3H3,(H,25,34)(H,26,29,32)/t17-,19?,20-,24-,38?/m1/s1. The van der Waals surface area contributed by atoms with Gasteiger partial charge < -0.3 is 20.1 Å². The van der Waals surface area contributed by atoms with E-state index in [9.17, 15) is 34.3 Å². The first-order valence-corrected chi connectivity index (χ1v) is 14.7. The monoisotopic (exact) mass is 587 g/mol. The molecule has 1 aromatic heterocycles. The van der Waals surface area contributed by atoms with Gasteiger partial charge in [-0.15, -0.1) is 0 Å². The molecule has 13 nitrogen and oxygen atoms in total. The van der Waals surface area contributed by atoms with E-state index in [0.717, 1.165) is 34.2 Å². The van der Waals surface area contributed by atoms with Crippen LogP contribution in [0.3, 0.4) is 0 Å². The summed E-state index contributed by atoms with van der Waals surface area (Å²) in [6.45, 7) is 3.63. The third-order valence-electron chi connectivity index (χ3n) is 6.11. The Labute approximate surface area is 229 Å². The molecule has 0 bridgehead atoms. The van der Waals surface area contributed by atoms with Crippen molar-refractivity contribution in [3.8, 4) is 0 Å². The van der Waals surface area contributed by atoms with E-state index in [-0.39, 0.29) is 30.6 Å². The van der Waals surface area contributed by atoms with Gasteiger partial charge in [-0.1, -0.05) is 42.1 Å². The fourth-order valence-corrected chi connectivity index (χ4v) is 5.86. The zero-order valence-corrected chi connectivity index (χ0v) is 23.5. The number of thioether (sulfide) groups is 1. The highest BCUT2D eigenvalue weighted by atomic mass is 32.2. The van der Waals surface area contributed by atoms with Crippen molar-refractivity contribution in [2.24, 2.45) is 5.41 Å². The Bertz CT molecular complexity index is 1280. The van der Waals surface area contributed by atoms with Crippen LogP contribution in [0, 0.1) is 5.41 Å². The van der Waals surface area contributed by atoms with Crippen molar-refractivity contribution in [1.29, 1.82) is 0 Å². The summed E-state index contributed by atoms with van der Waals surface area (Å²) < 4.78 is 31.3. The van der Waals surface area contributed by atoms with Gasteiger partial charge in [0.2, 0.25) is 0 Å². The van der Waals surface area contributed by atoms with Crippen LogP contribution in [0.4, 0.5) is 0 Å². The molecule has 0 saturated carbocycles. The highest BCUT2D eigenvalue weighted by Crippen LogP contribution is 2.46. The van der Waals surface area contributed by atoms with E-state index in [1.165, 1.54) is 6.92 Å². The van der Waals surface area contributed by atoms with Gasteiger partial charge in [-0.25, -0.2) is 14.4 Å². The predicted octanol–water partition coefficient (Wildman–Crippen LogP) is 0.755. The number of aromatic nitrogens is 2. The Hall–Kier alpha value is -2.13. The third kappa shape index (κ3) is 7.97. The van der Waals surface area contributed by atoms with Crippen LogP contribution in [0.2, 0.25) is 0 Å². The SMILES string of the molecule is CC(C)(CO)C(=O)SCCOP(=O)(NCc1ccccc1)OC[C@H]1O[C@@H](n2ccc(=O)[nH]c2=O)[C@](C)(O)C1O. The van der Waals surface area contributed by atoms with Crippen LogP contribution in [0.25, 0.3) is 0 Å². The lowest BCUT2D eigenvalue weighted by Gasteiger charge is -2.27. The molecule has 0 spiro atoms. The number of aliphatic hydroxyl groups is 3. The molecule has 39 heavy (non-hydrogen) atoms. The number of hydrogen-bond acceptors (Lipinski definition) is 11.